The van der Waals surface area contributed by atoms with Gasteiger partial charge in [-0.15, -0.1) is 12.4 Å². The average Bonchev–Trinajstić information content (AvgIpc) is 1.63. The first kappa shape index (κ1) is 12.4. The van der Waals surface area contributed by atoms with E-state index in [0.717, 1.165) is 0 Å². The summed E-state index contributed by atoms with van der Waals surface area (Å²) in [5, 5.41) is 8.82. The molecule has 0 heterocycles. The van der Waals surface area contributed by atoms with Crippen molar-refractivity contribution in [2.24, 2.45) is 11.7 Å². The van der Waals surface area contributed by atoms with E-state index >= 15 is 0 Å². The molecule has 0 aliphatic rings. The van der Waals surface area contributed by atoms with Crippen LogP contribution in [0.4, 0.5) is 0 Å². The second-order valence-corrected chi connectivity index (χ2v) is 2.55. The highest BCUT2D eigenvalue weighted by atomic mass is 35.5. The van der Waals surface area contributed by atoms with Crippen LogP contribution < -0.4 is 5.73 Å². The Labute approximate surface area is 67.0 Å². The molecule has 0 saturated carbocycles. The topological polar surface area (TPSA) is 63.3 Å². The van der Waals surface area contributed by atoms with Crippen LogP contribution in [0.15, 0.2) is 0 Å². The lowest BCUT2D eigenvalue weighted by molar-refractivity contribution is -0.126. The number of carbonyl (C=O) groups is 1. The van der Waals surface area contributed by atoms with Crippen LogP contribution in [0.2, 0.25) is 0 Å². The fourth-order valence-corrected chi connectivity index (χ4v) is 0.563. The minimum absolute atomic E-state index is 0. The van der Waals surface area contributed by atoms with Crippen molar-refractivity contribution in [3.63, 3.8) is 0 Å². The second-order valence-electron chi connectivity index (χ2n) is 2.55. The first-order chi connectivity index (χ1) is 4.04. The van der Waals surface area contributed by atoms with Gasteiger partial charge in [0.15, 0.2) is 0 Å². The number of nitrogens with two attached hydrogens (primary N) is 1. The van der Waals surface area contributed by atoms with Gasteiger partial charge in [0.05, 0.1) is 0 Å². The molecule has 0 spiro atoms. The van der Waals surface area contributed by atoms with E-state index in [1.165, 1.54) is 0 Å². The minimum atomic E-state index is -0.968. The molecule has 3 nitrogen and oxygen atoms in total. The largest absolute Gasteiger partial charge is 0.383 e. The Bertz CT molecular complexity index is 106. The maximum Gasteiger partial charge on any atom is 0.246 e. The minimum Gasteiger partial charge on any atom is -0.383 e. The van der Waals surface area contributed by atoms with Gasteiger partial charge in [-0.3, -0.25) is 4.79 Å². The van der Waals surface area contributed by atoms with Gasteiger partial charge >= 0.3 is 0 Å². The van der Waals surface area contributed by atoms with E-state index < -0.39 is 12.0 Å². The zero-order valence-corrected chi connectivity index (χ0v) is 7.02. The summed E-state index contributed by atoms with van der Waals surface area (Å²) in [7, 11) is 0. The lowest BCUT2D eigenvalue weighted by Gasteiger charge is -2.07. The summed E-state index contributed by atoms with van der Waals surface area (Å²) in [6.07, 6.45) is -0.514. The number of aliphatic hydroxyl groups is 1. The van der Waals surface area contributed by atoms with Crippen molar-refractivity contribution in [1.29, 1.82) is 0 Å². The van der Waals surface area contributed by atoms with E-state index in [0.29, 0.717) is 12.3 Å². The highest BCUT2D eigenvalue weighted by molar-refractivity contribution is 5.85. The van der Waals surface area contributed by atoms with Crippen LogP contribution in [0.25, 0.3) is 0 Å². The maximum atomic E-state index is 10.2. The van der Waals surface area contributed by atoms with Crippen LogP contribution in [-0.4, -0.2) is 17.1 Å². The van der Waals surface area contributed by atoms with Gasteiger partial charge in [0.2, 0.25) is 5.91 Å². The SMILES string of the molecule is CC(C)C[C@H](O)C(N)=O.Cl. The van der Waals surface area contributed by atoms with Crippen LogP contribution in [0.5, 0.6) is 0 Å². The maximum absolute atomic E-state index is 10.2. The highest BCUT2D eigenvalue weighted by Gasteiger charge is 2.11. The van der Waals surface area contributed by atoms with Gasteiger partial charge in [0.25, 0.3) is 0 Å². The average molecular weight is 168 g/mol. The molecule has 0 radical (unpaired) electrons. The molecule has 0 rings (SSSR count). The number of hydrogen-bond donors (Lipinski definition) is 2. The Morgan fingerprint density at radius 3 is 2.10 bits per heavy atom. The Hall–Kier alpha value is -0.280. The molecule has 0 aromatic carbocycles. The number of amides is 1. The van der Waals surface area contributed by atoms with E-state index in [1.807, 2.05) is 13.8 Å². The van der Waals surface area contributed by atoms with Gasteiger partial charge in [0, 0.05) is 0 Å². The smallest absolute Gasteiger partial charge is 0.246 e. The predicted molar refractivity (Wildman–Crippen MR) is 41.9 cm³/mol. The molecule has 3 N–H and O–H groups in total. The van der Waals surface area contributed by atoms with Crippen molar-refractivity contribution >= 4 is 18.3 Å². The molecule has 0 aromatic heterocycles. The molecule has 10 heavy (non-hydrogen) atoms. The van der Waals surface area contributed by atoms with Gasteiger partial charge < -0.3 is 10.8 Å². The molecule has 1 atom stereocenters. The monoisotopic (exact) mass is 167 g/mol. The molecule has 0 saturated heterocycles. The lowest BCUT2D eigenvalue weighted by atomic mass is 10.1. The fraction of sp³-hybridized carbons (Fsp3) is 0.833. The van der Waals surface area contributed by atoms with Gasteiger partial charge in [-0.05, 0) is 12.3 Å². The molecule has 4 heteroatoms. The van der Waals surface area contributed by atoms with E-state index in [2.05, 4.69) is 0 Å². The van der Waals surface area contributed by atoms with Gasteiger partial charge in [-0.2, -0.15) is 0 Å². The summed E-state index contributed by atoms with van der Waals surface area (Å²) in [5.74, 6) is -0.323. The molecule has 0 aliphatic heterocycles. The quantitative estimate of drug-likeness (QED) is 0.635. The van der Waals surface area contributed by atoms with Gasteiger partial charge in [0.1, 0.15) is 6.10 Å². The first-order valence-electron chi connectivity index (χ1n) is 3.01. The molecule has 0 fully saturated rings. The Morgan fingerprint density at radius 2 is 2.00 bits per heavy atom. The van der Waals surface area contributed by atoms with E-state index in [4.69, 9.17) is 10.8 Å². The van der Waals surface area contributed by atoms with Crippen molar-refractivity contribution in [1.82, 2.24) is 0 Å². The lowest BCUT2D eigenvalue weighted by Crippen LogP contribution is -2.29. The van der Waals surface area contributed by atoms with Crippen LogP contribution >= 0.6 is 12.4 Å². The summed E-state index contributed by atoms with van der Waals surface area (Å²) in [6.45, 7) is 3.85. The first-order valence-corrected chi connectivity index (χ1v) is 3.01. The third-order valence-corrected chi connectivity index (χ3v) is 1.02. The van der Waals surface area contributed by atoms with Gasteiger partial charge in [-0.1, -0.05) is 13.8 Å². The standard InChI is InChI=1S/C6H13NO2.ClH/c1-4(2)3-5(8)6(7)9;/h4-5,8H,3H2,1-2H3,(H2,7,9);1H/t5-;/m0./s1. The third-order valence-electron chi connectivity index (χ3n) is 1.02. The van der Waals surface area contributed by atoms with E-state index in [-0.39, 0.29) is 12.4 Å². The molecular formula is C6H14ClNO2. The Kier molecular flexibility index (Phi) is 6.82. The van der Waals surface area contributed by atoms with Crippen LogP contribution in [-0.2, 0) is 4.79 Å². The van der Waals surface area contributed by atoms with Crippen LogP contribution in [0.3, 0.4) is 0 Å². The number of carbonyl (C=O) groups excluding carboxylic acids is 1. The number of halogens is 1. The summed E-state index contributed by atoms with van der Waals surface area (Å²) < 4.78 is 0. The molecular weight excluding hydrogens is 154 g/mol. The molecule has 0 unspecified atom stereocenters. The molecule has 0 aromatic rings. The van der Waals surface area contributed by atoms with Gasteiger partial charge in [-0.25, -0.2) is 0 Å². The molecule has 0 aliphatic carbocycles. The molecule has 1 amide bonds. The number of primary amides is 1. The zero-order valence-electron chi connectivity index (χ0n) is 6.20. The second kappa shape index (κ2) is 5.50. The zero-order chi connectivity index (χ0) is 7.44. The number of rotatable bonds is 3. The summed E-state index contributed by atoms with van der Waals surface area (Å²) >= 11 is 0. The number of hydrogen-bond acceptors (Lipinski definition) is 2. The normalized spacial score (nSPS) is 12.4. The van der Waals surface area contributed by atoms with E-state index in [1.54, 1.807) is 0 Å². The highest BCUT2D eigenvalue weighted by Crippen LogP contribution is 2.02. The number of aliphatic hydroxyl groups excluding tert-OH is 1. The van der Waals surface area contributed by atoms with Crippen molar-refractivity contribution in [3.05, 3.63) is 0 Å². The molecule has 0 bridgehead atoms. The van der Waals surface area contributed by atoms with E-state index in [9.17, 15) is 4.79 Å². The summed E-state index contributed by atoms with van der Waals surface area (Å²) in [4.78, 5) is 10.2. The summed E-state index contributed by atoms with van der Waals surface area (Å²) in [5.41, 5.74) is 4.80. The predicted octanol–water partition coefficient (Wildman–Crippen LogP) is 0.301. The Balaban J connectivity index is 0. The van der Waals surface area contributed by atoms with Crippen molar-refractivity contribution < 1.29 is 9.90 Å². The summed E-state index contributed by atoms with van der Waals surface area (Å²) in [6, 6.07) is 0. The molecule has 62 valence electrons. The van der Waals surface area contributed by atoms with Crippen molar-refractivity contribution in [2.45, 2.75) is 26.4 Å². The fourth-order valence-electron chi connectivity index (χ4n) is 0.563. The van der Waals surface area contributed by atoms with Crippen molar-refractivity contribution in [2.75, 3.05) is 0 Å². The van der Waals surface area contributed by atoms with Crippen LogP contribution in [0, 0.1) is 5.92 Å². The third kappa shape index (κ3) is 5.85. The van der Waals surface area contributed by atoms with Crippen molar-refractivity contribution in [3.8, 4) is 0 Å². The van der Waals surface area contributed by atoms with Crippen LogP contribution in [0.1, 0.15) is 20.3 Å². The Morgan fingerprint density at radius 1 is 1.60 bits per heavy atom.